The molecule has 1 heterocycles. The topological polar surface area (TPSA) is 38.7 Å². The largest absolute Gasteiger partial charge is 0.208 e. The molecule has 49 heavy (non-hydrogen) atoms. The van der Waals surface area contributed by atoms with E-state index in [1.165, 1.54) is 52.4 Å². The maximum Gasteiger partial charge on any atom is 0.164 e. The number of halogens is 1. The molecule has 1 aromatic heterocycles. The van der Waals surface area contributed by atoms with Crippen molar-refractivity contribution in [2.45, 2.75) is 51.4 Å². The minimum absolute atomic E-state index is 0.142. The second-order valence-corrected chi connectivity index (χ2v) is 14.6. The summed E-state index contributed by atoms with van der Waals surface area (Å²) in [6.45, 7) is 9.44. The van der Waals surface area contributed by atoms with Crippen molar-refractivity contribution in [3.63, 3.8) is 0 Å². The highest BCUT2D eigenvalue weighted by Gasteiger charge is 2.37. The summed E-state index contributed by atoms with van der Waals surface area (Å²) < 4.78 is 14.3. The summed E-state index contributed by atoms with van der Waals surface area (Å²) in [6.07, 6.45) is 2.37. The Bertz CT molecular complexity index is 2340. The van der Waals surface area contributed by atoms with Gasteiger partial charge in [0, 0.05) is 16.7 Å². The van der Waals surface area contributed by atoms with Gasteiger partial charge in [-0.15, -0.1) is 0 Å². The van der Waals surface area contributed by atoms with Crippen molar-refractivity contribution in [3.05, 3.63) is 150 Å². The molecule has 0 fully saturated rings. The Hall–Kier alpha value is -5.48. The molecule has 0 spiro atoms. The predicted octanol–water partition coefficient (Wildman–Crippen LogP) is 11.8. The fourth-order valence-corrected chi connectivity index (χ4v) is 7.15. The van der Waals surface area contributed by atoms with E-state index < -0.39 is 0 Å². The van der Waals surface area contributed by atoms with Crippen LogP contribution in [0.4, 0.5) is 4.39 Å². The van der Waals surface area contributed by atoms with E-state index in [0.29, 0.717) is 23.0 Å². The highest BCUT2D eigenvalue weighted by Crippen LogP contribution is 2.47. The first-order chi connectivity index (χ1) is 23.6. The van der Waals surface area contributed by atoms with E-state index in [1.54, 1.807) is 6.07 Å². The molecule has 0 amide bonds. The van der Waals surface area contributed by atoms with Gasteiger partial charge in [-0.05, 0) is 86.0 Å². The molecule has 7 aromatic rings. The maximum atomic E-state index is 14.3. The monoisotopic (exact) mass is 639 g/mol. The van der Waals surface area contributed by atoms with Crippen molar-refractivity contribution >= 4 is 10.8 Å². The Morgan fingerprint density at radius 3 is 1.51 bits per heavy atom. The van der Waals surface area contributed by atoms with Crippen molar-refractivity contribution in [2.75, 3.05) is 0 Å². The van der Waals surface area contributed by atoms with E-state index in [-0.39, 0.29) is 16.6 Å². The molecule has 0 radical (unpaired) electrons. The summed E-state index contributed by atoms with van der Waals surface area (Å²) in [6, 6.07) is 45.0. The normalized spacial score (nSPS) is 14.8. The Morgan fingerprint density at radius 2 is 0.898 bits per heavy atom. The summed E-state index contributed by atoms with van der Waals surface area (Å²) in [4.78, 5) is 14.6. The van der Waals surface area contributed by atoms with Crippen LogP contribution in [0.1, 0.15) is 51.7 Å². The minimum Gasteiger partial charge on any atom is -0.208 e. The molecule has 8 rings (SSSR count). The third kappa shape index (κ3) is 5.93. The van der Waals surface area contributed by atoms with E-state index in [0.717, 1.165) is 27.8 Å². The third-order valence-corrected chi connectivity index (χ3v) is 10.3. The number of rotatable bonds is 5. The van der Waals surface area contributed by atoms with Crippen LogP contribution in [0.15, 0.2) is 133 Å². The standard InChI is InChI=1S/C45H38FN3/c1-44(2)24-25-45(3,4)40-28-36(22-23-39(40)44)31-14-19-33(20-15-31)42-47-41(48-43(49-42)37-10-7-11-38(46)27-37)32-17-12-30(13-18-32)35-21-16-29-8-5-6-9-34(29)26-35/h5-23,26-28H,24-25H2,1-4H3. The molecule has 0 unspecified atom stereocenters. The highest BCUT2D eigenvalue weighted by molar-refractivity contribution is 5.87. The Kier molecular flexibility index (Phi) is 7.48. The Morgan fingerprint density at radius 1 is 0.408 bits per heavy atom. The van der Waals surface area contributed by atoms with Crippen molar-refractivity contribution < 1.29 is 4.39 Å². The number of nitrogens with zero attached hydrogens (tertiary/aromatic N) is 3. The zero-order chi connectivity index (χ0) is 33.8. The van der Waals surface area contributed by atoms with Crippen LogP contribution in [0.3, 0.4) is 0 Å². The molecule has 1 aliphatic carbocycles. The van der Waals surface area contributed by atoms with E-state index in [9.17, 15) is 4.39 Å². The molecule has 0 N–H and O–H groups in total. The van der Waals surface area contributed by atoms with E-state index in [2.05, 4.69) is 125 Å². The van der Waals surface area contributed by atoms with E-state index in [4.69, 9.17) is 15.0 Å². The van der Waals surface area contributed by atoms with Gasteiger partial charge in [-0.2, -0.15) is 0 Å². The first kappa shape index (κ1) is 30.8. The van der Waals surface area contributed by atoms with Crippen LogP contribution in [0.5, 0.6) is 0 Å². The van der Waals surface area contributed by atoms with Crippen molar-refractivity contribution in [1.29, 1.82) is 0 Å². The maximum absolute atomic E-state index is 14.3. The van der Waals surface area contributed by atoms with Crippen LogP contribution >= 0.6 is 0 Å². The van der Waals surface area contributed by atoms with Crippen LogP contribution in [0.2, 0.25) is 0 Å². The molecule has 0 bridgehead atoms. The van der Waals surface area contributed by atoms with Gasteiger partial charge in [0.2, 0.25) is 0 Å². The lowest BCUT2D eigenvalue weighted by Crippen LogP contribution is -2.33. The second-order valence-electron chi connectivity index (χ2n) is 14.6. The quantitative estimate of drug-likeness (QED) is 0.188. The minimum atomic E-state index is -0.332. The van der Waals surface area contributed by atoms with Gasteiger partial charge in [-0.1, -0.05) is 143 Å². The van der Waals surface area contributed by atoms with Crippen LogP contribution in [-0.4, -0.2) is 15.0 Å². The first-order valence-electron chi connectivity index (χ1n) is 17.0. The second kappa shape index (κ2) is 11.9. The van der Waals surface area contributed by atoms with Gasteiger partial charge in [-0.25, -0.2) is 19.3 Å². The summed E-state index contributed by atoms with van der Waals surface area (Å²) in [5.74, 6) is 1.18. The summed E-state index contributed by atoms with van der Waals surface area (Å²) in [7, 11) is 0. The van der Waals surface area contributed by atoms with E-state index >= 15 is 0 Å². The number of benzene rings is 6. The molecule has 0 saturated carbocycles. The Balaban J connectivity index is 1.16. The lowest BCUT2D eigenvalue weighted by Gasteiger charge is -2.42. The number of hydrogen-bond donors (Lipinski definition) is 0. The molecule has 1 aliphatic rings. The van der Waals surface area contributed by atoms with Gasteiger partial charge in [-0.3, -0.25) is 0 Å². The Labute approximate surface area is 287 Å². The average Bonchev–Trinajstić information content (AvgIpc) is 3.13. The molecule has 4 heteroatoms. The van der Waals surface area contributed by atoms with Gasteiger partial charge in [0.25, 0.3) is 0 Å². The first-order valence-corrected chi connectivity index (χ1v) is 17.0. The smallest absolute Gasteiger partial charge is 0.164 e. The zero-order valence-electron chi connectivity index (χ0n) is 28.3. The molecule has 0 saturated heterocycles. The number of fused-ring (bicyclic) bond motifs is 2. The summed E-state index contributed by atoms with van der Waals surface area (Å²) in [5.41, 5.74) is 10.2. The van der Waals surface area contributed by atoms with Crippen LogP contribution in [0, 0.1) is 5.82 Å². The van der Waals surface area contributed by atoms with Gasteiger partial charge in [0.1, 0.15) is 5.82 Å². The van der Waals surface area contributed by atoms with Gasteiger partial charge < -0.3 is 0 Å². The van der Waals surface area contributed by atoms with Crippen LogP contribution in [-0.2, 0) is 10.8 Å². The molecule has 0 aliphatic heterocycles. The van der Waals surface area contributed by atoms with Crippen molar-refractivity contribution in [2.24, 2.45) is 0 Å². The molecule has 0 atom stereocenters. The molecular weight excluding hydrogens is 602 g/mol. The summed E-state index contributed by atoms with van der Waals surface area (Å²) in [5, 5.41) is 2.42. The lowest BCUT2D eigenvalue weighted by atomic mass is 9.63. The molecular formula is C45H38FN3. The van der Waals surface area contributed by atoms with Crippen molar-refractivity contribution in [3.8, 4) is 56.4 Å². The average molecular weight is 640 g/mol. The fourth-order valence-electron chi connectivity index (χ4n) is 7.15. The highest BCUT2D eigenvalue weighted by atomic mass is 19.1. The van der Waals surface area contributed by atoms with Gasteiger partial charge in [0.15, 0.2) is 17.5 Å². The molecule has 3 nitrogen and oxygen atoms in total. The molecule has 240 valence electrons. The van der Waals surface area contributed by atoms with Gasteiger partial charge >= 0.3 is 0 Å². The fraction of sp³-hybridized carbons (Fsp3) is 0.178. The summed E-state index contributed by atoms with van der Waals surface area (Å²) >= 11 is 0. The number of hydrogen-bond acceptors (Lipinski definition) is 3. The van der Waals surface area contributed by atoms with Crippen molar-refractivity contribution in [1.82, 2.24) is 15.0 Å². The van der Waals surface area contributed by atoms with Crippen LogP contribution < -0.4 is 0 Å². The zero-order valence-corrected chi connectivity index (χ0v) is 28.3. The molecule has 6 aromatic carbocycles. The third-order valence-electron chi connectivity index (χ3n) is 10.3. The van der Waals surface area contributed by atoms with E-state index in [1.807, 2.05) is 18.2 Å². The predicted molar refractivity (Wildman–Crippen MR) is 200 cm³/mol. The number of aromatic nitrogens is 3. The lowest BCUT2D eigenvalue weighted by molar-refractivity contribution is 0.332. The SMILES string of the molecule is CC1(C)CCC(C)(C)c2cc(-c3ccc(-c4nc(-c5ccc(-c6ccc7ccccc7c6)cc5)nc(-c5cccc(F)c5)n4)cc3)ccc21. The van der Waals surface area contributed by atoms with Gasteiger partial charge in [0.05, 0.1) is 0 Å². The van der Waals surface area contributed by atoms with Crippen LogP contribution in [0.25, 0.3) is 67.2 Å².